The third kappa shape index (κ3) is 3.82. The molecule has 0 aliphatic rings. The Kier molecular flexibility index (Phi) is 5.08. The highest BCUT2D eigenvalue weighted by Gasteiger charge is 2.13. The Balaban J connectivity index is 1.28. The molecule has 3 aromatic carbocycles. The van der Waals surface area contributed by atoms with Crippen molar-refractivity contribution in [3.8, 4) is 22.2 Å². The molecule has 0 aliphatic carbocycles. The number of hydrogen-bond acceptors (Lipinski definition) is 7. The molecule has 0 aliphatic heterocycles. The standard InChI is InChI=1S/C27H19N5OS/c1-17-14-24(34-15-17)25-20-6-2-3-7-21(20)26(32-31-25)30-18-10-12-19(13-11-18)33-27-22-8-4-5-9-23(22)28-16-29-27/h2-16H,1H3,(H,30,32). The Morgan fingerprint density at radius 1 is 0.794 bits per heavy atom. The second-order valence-corrected chi connectivity index (χ2v) is 8.79. The van der Waals surface area contributed by atoms with Crippen LogP contribution in [0.2, 0.25) is 0 Å². The van der Waals surface area contributed by atoms with Gasteiger partial charge in [0.1, 0.15) is 17.8 Å². The third-order valence-corrected chi connectivity index (χ3v) is 6.54. The molecule has 0 amide bonds. The first kappa shape index (κ1) is 20.3. The molecule has 34 heavy (non-hydrogen) atoms. The van der Waals surface area contributed by atoms with E-state index < -0.39 is 0 Å². The molecule has 3 aromatic heterocycles. The maximum absolute atomic E-state index is 6.03. The number of nitrogens with one attached hydrogen (secondary N) is 1. The minimum absolute atomic E-state index is 0.530. The summed E-state index contributed by atoms with van der Waals surface area (Å²) in [6.45, 7) is 2.09. The fourth-order valence-corrected chi connectivity index (χ4v) is 4.75. The number of fused-ring (bicyclic) bond motifs is 2. The minimum Gasteiger partial charge on any atom is -0.438 e. The molecule has 0 bridgehead atoms. The first-order valence-corrected chi connectivity index (χ1v) is 11.7. The molecule has 7 heteroatoms. The van der Waals surface area contributed by atoms with Gasteiger partial charge < -0.3 is 10.1 Å². The summed E-state index contributed by atoms with van der Waals surface area (Å²) >= 11 is 1.68. The Hall–Kier alpha value is -4.36. The Labute approximate surface area is 199 Å². The van der Waals surface area contributed by atoms with E-state index >= 15 is 0 Å². The van der Waals surface area contributed by atoms with Crippen LogP contribution < -0.4 is 10.1 Å². The minimum atomic E-state index is 0.530. The smallest absolute Gasteiger partial charge is 0.230 e. The molecule has 0 saturated carbocycles. The zero-order chi connectivity index (χ0) is 22.9. The molecule has 0 spiro atoms. The number of para-hydroxylation sites is 1. The van der Waals surface area contributed by atoms with Crippen molar-refractivity contribution in [2.75, 3.05) is 5.32 Å². The zero-order valence-corrected chi connectivity index (χ0v) is 19.1. The number of hydrogen-bond donors (Lipinski definition) is 1. The number of aromatic nitrogens is 4. The van der Waals surface area contributed by atoms with Crippen LogP contribution in [0.3, 0.4) is 0 Å². The largest absolute Gasteiger partial charge is 0.438 e. The van der Waals surface area contributed by atoms with Gasteiger partial charge in [0.15, 0.2) is 5.82 Å². The number of anilines is 2. The van der Waals surface area contributed by atoms with Crippen molar-refractivity contribution in [3.05, 3.63) is 96.1 Å². The second kappa shape index (κ2) is 8.53. The third-order valence-electron chi connectivity index (χ3n) is 5.49. The van der Waals surface area contributed by atoms with E-state index in [2.05, 4.69) is 56.0 Å². The summed E-state index contributed by atoms with van der Waals surface area (Å²) in [6, 6.07) is 25.8. The van der Waals surface area contributed by atoms with Crippen molar-refractivity contribution < 1.29 is 4.74 Å². The lowest BCUT2D eigenvalue weighted by atomic mass is 10.1. The number of ether oxygens (including phenoxy) is 1. The van der Waals surface area contributed by atoms with Crippen molar-refractivity contribution in [2.45, 2.75) is 6.92 Å². The van der Waals surface area contributed by atoms with Crippen LogP contribution in [0.5, 0.6) is 11.6 Å². The molecule has 6 rings (SSSR count). The lowest BCUT2D eigenvalue weighted by molar-refractivity contribution is 0.468. The highest BCUT2D eigenvalue weighted by atomic mass is 32.1. The average molecular weight is 462 g/mol. The summed E-state index contributed by atoms with van der Waals surface area (Å²) < 4.78 is 6.03. The van der Waals surface area contributed by atoms with E-state index in [1.165, 1.54) is 11.9 Å². The van der Waals surface area contributed by atoms with Crippen molar-refractivity contribution >= 4 is 44.5 Å². The molecule has 3 heterocycles. The van der Waals surface area contributed by atoms with Gasteiger partial charge in [-0.1, -0.05) is 36.4 Å². The van der Waals surface area contributed by atoms with Gasteiger partial charge >= 0.3 is 0 Å². The van der Waals surface area contributed by atoms with Gasteiger partial charge in [-0.05, 0) is 60.3 Å². The number of benzene rings is 3. The van der Waals surface area contributed by atoms with Gasteiger partial charge in [-0.3, -0.25) is 0 Å². The van der Waals surface area contributed by atoms with Crippen LogP contribution >= 0.6 is 11.3 Å². The molecule has 1 N–H and O–H groups in total. The molecule has 0 radical (unpaired) electrons. The molecule has 6 aromatic rings. The van der Waals surface area contributed by atoms with Crippen LogP contribution in [0.4, 0.5) is 11.5 Å². The monoisotopic (exact) mass is 461 g/mol. The Morgan fingerprint density at radius 3 is 2.35 bits per heavy atom. The lowest BCUT2D eigenvalue weighted by Gasteiger charge is -2.11. The summed E-state index contributed by atoms with van der Waals surface area (Å²) in [5.74, 6) is 1.93. The number of thiophene rings is 1. The van der Waals surface area contributed by atoms with Crippen LogP contribution in [0.1, 0.15) is 5.56 Å². The Morgan fingerprint density at radius 2 is 1.56 bits per heavy atom. The van der Waals surface area contributed by atoms with E-state index in [1.807, 2.05) is 60.7 Å². The Bertz CT molecular complexity index is 1620. The van der Waals surface area contributed by atoms with E-state index in [-0.39, 0.29) is 0 Å². The quantitative estimate of drug-likeness (QED) is 0.294. The van der Waals surface area contributed by atoms with Crippen molar-refractivity contribution in [1.29, 1.82) is 0 Å². The van der Waals surface area contributed by atoms with Gasteiger partial charge in [0, 0.05) is 16.5 Å². The summed E-state index contributed by atoms with van der Waals surface area (Å²) in [7, 11) is 0. The van der Waals surface area contributed by atoms with Gasteiger partial charge in [0.2, 0.25) is 5.88 Å². The normalized spacial score (nSPS) is 11.1. The van der Waals surface area contributed by atoms with Gasteiger partial charge in [-0.25, -0.2) is 9.97 Å². The highest BCUT2D eigenvalue weighted by Crippen LogP contribution is 2.34. The molecule has 0 saturated heterocycles. The number of nitrogens with zero attached hydrogens (tertiary/aromatic N) is 4. The number of rotatable bonds is 5. The van der Waals surface area contributed by atoms with Crippen molar-refractivity contribution in [2.24, 2.45) is 0 Å². The summed E-state index contributed by atoms with van der Waals surface area (Å²) in [4.78, 5) is 9.69. The summed E-state index contributed by atoms with van der Waals surface area (Å²) in [5.41, 5.74) is 3.86. The molecular weight excluding hydrogens is 442 g/mol. The topological polar surface area (TPSA) is 72.8 Å². The van der Waals surface area contributed by atoms with Crippen LogP contribution in [-0.4, -0.2) is 20.2 Å². The fourth-order valence-electron chi connectivity index (χ4n) is 3.85. The lowest BCUT2D eigenvalue weighted by Crippen LogP contribution is -1.99. The summed E-state index contributed by atoms with van der Waals surface area (Å²) in [6.07, 6.45) is 1.51. The maximum Gasteiger partial charge on any atom is 0.230 e. The second-order valence-electron chi connectivity index (χ2n) is 7.88. The first-order chi connectivity index (χ1) is 16.7. The SMILES string of the molecule is Cc1csc(-c2nnc(Nc3ccc(Oc4ncnc5ccccc45)cc3)c3ccccc23)c1. The predicted octanol–water partition coefficient (Wildman–Crippen LogP) is 7.15. The molecular formula is C27H19N5OS. The molecule has 0 unspecified atom stereocenters. The highest BCUT2D eigenvalue weighted by molar-refractivity contribution is 7.13. The van der Waals surface area contributed by atoms with E-state index in [9.17, 15) is 0 Å². The van der Waals surface area contributed by atoms with Crippen LogP contribution in [0, 0.1) is 6.92 Å². The predicted molar refractivity (Wildman–Crippen MR) is 137 cm³/mol. The van der Waals surface area contributed by atoms with Gasteiger partial charge in [0.05, 0.1) is 15.8 Å². The van der Waals surface area contributed by atoms with E-state index in [1.54, 1.807) is 11.3 Å². The molecule has 0 fully saturated rings. The molecule has 0 atom stereocenters. The fraction of sp³-hybridized carbons (Fsp3) is 0.0370. The van der Waals surface area contributed by atoms with Gasteiger partial charge in [-0.2, -0.15) is 0 Å². The van der Waals surface area contributed by atoms with Crippen LogP contribution in [-0.2, 0) is 0 Å². The summed E-state index contributed by atoms with van der Waals surface area (Å²) in [5, 5.41) is 17.5. The first-order valence-electron chi connectivity index (χ1n) is 10.8. The number of aryl methyl sites for hydroxylation is 1. The van der Waals surface area contributed by atoms with E-state index in [0.717, 1.165) is 37.9 Å². The van der Waals surface area contributed by atoms with Gasteiger partial charge in [0.25, 0.3) is 0 Å². The van der Waals surface area contributed by atoms with Gasteiger partial charge in [-0.15, -0.1) is 21.5 Å². The maximum atomic E-state index is 6.03. The molecule has 164 valence electrons. The van der Waals surface area contributed by atoms with Crippen molar-refractivity contribution in [1.82, 2.24) is 20.2 Å². The average Bonchev–Trinajstić information content (AvgIpc) is 3.31. The van der Waals surface area contributed by atoms with Crippen LogP contribution in [0.25, 0.3) is 32.2 Å². The zero-order valence-electron chi connectivity index (χ0n) is 18.3. The van der Waals surface area contributed by atoms with Crippen LogP contribution in [0.15, 0.2) is 90.6 Å². The van der Waals surface area contributed by atoms with E-state index in [4.69, 9.17) is 4.74 Å². The molecule has 6 nitrogen and oxygen atoms in total. The van der Waals surface area contributed by atoms with Crippen molar-refractivity contribution in [3.63, 3.8) is 0 Å². The van der Waals surface area contributed by atoms with E-state index in [0.29, 0.717) is 17.4 Å².